The van der Waals surface area contributed by atoms with Crippen molar-refractivity contribution in [1.29, 1.82) is 0 Å². The minimum Gasteiger partial charge on any atom is -0.384 e. The van der Waals surface area contributed by atoms with E-state index in [1.54, 1.807) is 0 Å². The van der Waals surface area contributed by atoms with Gasteiger partial charge in [-0.1, -0.05) is 37.5 Å². The van der Waals surface area contributed by atoms with Gasteiger partial charge in [-0.05, 0) is 30.9 Å². The molecule has 1 saturated carbocycles. The monoisotopic (exact) mass is 272 g/mol. The Morgan fingerprint density at radius 2 is 1.95 bits per heavy atom. The van der Waals surface area contributed by atoms with Crippen LogP contribution in [0.15, 0.2) is 24.3 Å². The first-order valence-corrected chi connectivity index (χ1v) is 7.84. The van der Waals surface area contributed by atoms with Gasteiger partial charge in [0, 0.05) is 25.3 Å². The Morgan fingerprint density at radius 3 is 2.75 bits per heavy atom. The zero-order chi connectivity index (χ0) is 13.9. The summed E-state index contributed by atoms with van der Waals surface area (Å²) in [4.78, 5) is 14.7. The first kappa shape index (κ1) is 13.5. The molecule has 0 spiro atoms. The van der Waals surface area contributed by atoms with Gasteiger partial charge in [0.2, 0.25) is 5.91 Å². The molecule has 0 saturated heterocycles. The molecule has 0 aromatic heterocycles. The van der Waals surface area contributed by atoms with E-state index in [0.29, 0.717) is 11.9 Å². The number of hydrogen-bond acceptors (Lipinski definition) is 2. The molecule has 1 fully saturated rings. The van der Waals surface area contributed by atoms with Gasteiger partial charge in [-0.2, -0.15) is 0 Å². The molecule has 1 amide bonds. The second-order valence-corrected chi connectivity index (χ2v) is 6.18. The quantitative estimate of drug-likeness (QED) is 0.897. The molecule has 0 bridgehead atoms. The highest BCUT2D eigenvalue weighted by atomic mass is 16.2. The van der Waals surface area contributed by atoms with Crippen LogP contribution in [0.3, 0.4) is 0 Å². The lowest BCUT2D eigenvalue weighted by molar-refractivity contribution is -0.136. The summed E-state index contributed by atoms with van der Waals surface area (Å²) in [5, 5.41) is 3.40. The number of carbonyl (C=O) groups is 1. The van der Waals surface area contributed by atoms with Crippen molar-refractivity contribution in [1.82, 2.24) is 4.90 Å². The topological polar surface area (TPSA) is 32.3 Å². The Morgan fingerprint density at radius 1 is 1.20 bits per heavy atom. The Bertz CT molecular complexity index is 480. The van der Waals surface area contributed by atoms with Crippen LogP contribution in [0.25, 0.3) is 0 Å². The lowest BCUT2D eigenvalue weighted by Crippen LogP contribution is -2.45. The fourth-order valence-electron chi connectivity index (χ4n) is 3.55. The normalized spacial score (nSPS) is 22.8. The number of carbonyl (C=O) groups excluding carboxylic acids is 1. The van der Waals surface area contributed by atoms with Crippen LogP contribution in [0.1, 0.15) is 37.7 Å². The molecule has 1 unspecified atom stereocenters. The molecule has 3 rings (SSSR count). The highest BCUT2D eigenvalue weighted by Crippen LogP contribution is 2.27. The standard InChI is InChI=1S/C17H24N2O/c1-19(15-8-3-2-4-9-15)17(20)14-11-13-7-5-6-10-16(13)18-12-14/h5-7,10,14-15,18H,2-4,8-9,11-12H2,1H3. The maximum atomic E-state index is 12.7. The van der Waals surface area contributed by atoms with Crippen LogP contribution in [-0.2, 0) is 11.2 Å². The first-order valence-electron chi connectivity index (χ1n) is 7.84. The SMILES string of the molecule is CN(C(=O)C1CNc2ccccc2C1)C1CCCCC1. The summed E-state index contributed by atoms with van der Waals surface area (Å²) in [6.07, 6.45) is 7.11. The van der Waals surface area contributed by atoms with Gasteiger partial charge in [-0.25, -0.2) is 0 Å². The molecule has 1 N–H and O–H groups in total. The maximum Gasteiger partial charge on any atom is 0.227 e. The second kappa shape index (κ2) is 5.86. The molecular formula is C17H24N2O. The van der Waals surface area contributed by atoms with E-state index in [-0.39, 0.29) is 5.92 Å². The number of benzene rings is 1. The lowest BCUT2D eigenvalue weighted by atomic mass is 9.90. The Labute approximate surface area is 121 Å². The number of nitrogens with one attached hydrogen (secondary N) is 1. The van der Waals surface area contributed by atoms with Gasteiger partial charge < -0.3 is 10.2 Å². The van der Waals surface area contributed by atoms with E-state index >= 15 is 0 Å². The van der Waals surface area contributed by atoms with E-state index in [0.717, 1.165) is 13.0 Å². The Hall–Kier alpha value is -1.51. The van der Waals surface area contributed by atoms with Gasteiger partial charge in [-0.15, -0.1) is 0 Å². The van der Waals surface area contributed by atoms with Crippen LogP contribution < -0.4 is 5.32 Å². The van der Waals surface area contributed by atoms with E-state index in [1.807, 2.05) is 18.0 Å². The summed E-state index contributed by atoms with van der Waals surface area (Å²) in [5.74, 6) is 0.413. The number of fused-ring (bicyclic) bond motifs is 1. The van der Waals surface area contributed by atoms with Gasteiger partial charge in [0.1, 0.15) is 0 Å². The van der Waals surface area contributed by atoms with E-state index in [4.69, 9.17) is 0 Å². The van der Waals surface area contributed by atoms with Crippen molar-refractivity contribution in [3.8, 4) is 0 Å². The summed E-state index contributed by atoms with van der Waals surface area (Å²) in [7, 11) is 2.00. The molecule has 1 aliphatic heterocycles. The lowest BCUT2D eigenvalue weighted by Gasteiger charge is -2.35. The third kappa shape index (κ3) is 2.67. The second-order valence-electron chi connectivity index (χ2n) is 6.18. The average Bonchev–Trinajstić information content (AvgIpc) is 2.54. The number of rotatable bonds is 2. The third-order valence-electron chi connectivity index (χ3n) is 4.84. The van der Waals surface area contributed by atoms with Crippen molar-refractivity contribution in [3.63, 3.8) is 0 Å². The molecule has 3 nitrogen and oxygen atoms in total. The smallest absolute Gasteiger partial charge is 0.227 e. The van der Waals surface area contributed by atoms with Gasteiger partial charge >= 0.3 is 0 Å². The average molecular weight is 272 g/mol. The van der Waals surface area contributed by atoms with E-state index in [1.165, 1.54) is 43.4 Å². The van der Waals surface area contributed by atoms with Crippen LogP contribution in [-0.4, -0.2) is 30.4 Å². The molecule has 1 aromatic rings. The molecule has 3 heteroatoms. The largest absolute Gasteiger partial charge is 0.384 e. The maximum absolute atomic E-state index is 12.7. The Kier molecular flexibility index (Phi) is 3.95. The molecule has 1 aromatic carbocycles. The highest BCUT2D eigenvalue weighted by Gasteiger charge is 2.30. The zero-order valence-corrected chi connectivity index (χ0v) is 12.3. The number of nitrogens with zero attached hydrogens (tertiary/aromatic N) is 1. The van der Waals surface area contributed by atoms with Crippen molar-refractivity contribution in [2.24, 2.45) is 5.92 Å². The van der Waals surface area contributed by atoms with Gasteiger partial charge in [0.25, 0.3) is 0 Å². The van der Waals surface area contributed by atoms with Crippen molar-refractivity contribution in [2.45, 2.75) is 44.6 Å². The van der Waals surface area contributed by atoms with Crippen molar-refractivity contribution in [2.75, 3.05) is 18.9 Å². The van der Waals surface area contributed by atoms with Crippen LogP contribution in [0.5, 0.6) is 0 Å². The molecule has 0 radical (unpaired) electrons. The fraction of sp³-hybridized carbons (Fsp3) is 0.588. The number of para-hydroxylation sites is 1. The van der Waals surface area contributed by atoms with Crippen LogP contribution >= 0.6 is 0 Å². The van der Waals surface area contributed by atoms with E-state index < -0.39 is 0 Å². The van der Waals surface area contributed by atoms with E-state index in [9.17, 15) is 4.79 Å². The Balaban J connectivity index is 1.66. The van der Waals surface area contributed by atoms with Gasteiger partial charge in [0.05, 0.1) is 5.92 Å². The molecule has 1 atom stereocenters. The van der Waals surface area contributed by atoms with Crippen molar-refractivity contribution < 1.29 is 4.79 Å². The zero-order valence-electron chi connectivity index (χ0n) is 12.3. The van der Waals surface area contributed by atoms with Gasteiger partial charge in [-0.3, -0.25) is 4.79 Å². The molecular weight excluding hydrogens is 248 g/mol. The number of amides is 1. The van der Waals surface area contributed by atoms with Crippen molar-refractivity contribution in [3.05, 3.63) is 29.8 Å². The molecule has 1 aliphatic carbocycles. The predicted molar refractivity (Wildman–Crippen MR) is 81.8 cm³/mol. The minimum absolute atomic E-state index is 0.0943. The van der Waals surface area contributed by atoms with Crippen LogP contribution in [0.2, 0.25) is 0 Å². The molecule has 108 valence electrons. The summed E-state index contributed by atoms with van der Waals surface area (Å²) >= 11 is 0. The highest BCUT2D eigenvalue weighted by molar-refractivity contribution is 5.81. The fourth-order valence-corrected chi connectivity index (χ4v) is 3.55. The van der Waals surface area contributed by atoms with Crippen molar-refractivity contribution >= 4 is 11.6 Å². The molecule has 1 heterocycles. The number of hydrogen-bond donors (Lipinski definition) is 1. The predicted octanol–water partition coefficient (Wildman–Crippen LogP) is 3.06. The number of anilines is 1. The van der Waals surface area contributed by atoms with E-state index in [2.05, 4.69) is 23.5 Å². The molecule has 2 aliphatic rings. The summed E-state index contributed by atoms with van der Waals surface area (Å²) < 4.78 is 0. The summed E-state index contributed by atoms with van der Waals surface area (Å²) in [6, 6.07) is 8.79. The molecule has 20 heavy (non-hydrogen) atoms. The summed E-state index contributed by atoms with van der Waals surface area (Å²) in [6.45, 7) is 0.771. The first-order chi connectivity index (χ1) is 9.75. The third-order valence-corrected chi connectivity index (χ3v) is 4.84. The minimum atomic E-state index is 0.0943. The van der Waals surface area contributed by atoms with Gasteiger partial charge in [0.15, 0.2) is 0 Å². The van der Waals surface area contributed by atoms with Crippen LogP contribution in [0, 0.1) is 5.92 Å². The van der Waals surface area contributed by atoms with Crippen LogP contribution in [0.4, 0.5) is 5.69 Å². The summed E-state index contributed by atoms with van der Waals surface area (Å²) in [5.41, 5.74) is 2.46.